The van der Waals surface area contributed by atoms with Gasteiger partial charge in [0.1, 0.15) is 5.75 Å². The Labute approximate surface area is 146 Å². The lowest BCUT2D eigenvalue weighted by Gasteiger charge is -2.09. The lowest BCUT2D eigenvalue weighted by Crippen LogP contribution is -2.12. The minimum atomic E-state index is -0.460. The van der Waals surface area contributed by atoms with Gasteiger partial charge in [-0.3, -0.25) is 0 Å². The third kappa shape index (κ3) is 4.86. The van der Waals surface area contributed by atoms with E-state index in [4.69, 9.17) is 9.47 Å². The zero-order chi connectivity index (χ0) is 17.5. The molecule has 24 heavy (non-hydrogen) atoms. The molecule has 0 bridgehead atoms. The molecule has 4 nitrogen and oxygen atoms in total. The topological polar surface area (TPSA) is 52.6 Å². The maximum Gasteiger partial charge on any atom is 0.343 e. The van der Waals surface area contributed by atoms with Gasteiger partial charge < -0.3 is 9.47 Å². The van der Waals surface area contributed by atoms with Crippen LogP contribution >= 0.6 is 11.8 Å². The molecule has 0 aliphatic carbocycles. The van der Waals surface area contributed by atoms with Crippen LogP contribution < -0.4 is 4.74 Å². The first kappa shape index (κ1) is 18.1. The Morgan fingerprint density at radius 2 is 1.54 bits per heavy atom. The standard InChI is InChI=1S/C19H20O4S/c1-13(2)12-22-18(20)14-8-10-15(11-9-14)19(21)23-16-6-4-5-7-17(16)24-3/h4-11,13H,12H2,1-3H3. The third-order valence-corrected chi connectivity index (χ3v) is 3.95. The lowest BCUT2D eigenvalue weighted by molar-refractivity contribution is 0.0458. The average molecular weight is 344 g/mol. The molecule has 2 aromatic carbocycles. The van der Waals surface area contributed by atoms with Gasteiger partial charge in [0.2, 0.25) is 0 Å². The highest BCUT2D eigenvalue weighted by atomic mass is 32.2. The molecule has 0 spiro atoms. The summed E-state index contributed by atoms with van der Waals surface area (Å²) >= 11 is 1.51. The molecular formula is C19H20O4S. The molecule has 0 fully saturated rings. The molecule has 0 aromatic heterocycles. The number of hydrogen-bond donors (Lipinski definition) is 0. The summed E-state index contributed by atoms with van der Waals surface area (Å²) in [6.07, 6.45) is 1.92. The van der Waals surface area contributed by atoms with Gasteiger partial charge in [0.05, 0.1) is 17.7 Å². The molecule has 0 unspecified atom stereocenters. The predicted molar refractivity (Wildman–Crippen MR) is 94.7 cm³/mol. The molecule has 0 saturated carbocycles. The number of para-hydroxylation sites is 1. The van der Waals surface area contributed by atoms with Crippen LogP contribution in [0, 0.1) is 5.92 Å². The van der Waals surface area contributed by atoms with Gasteiger partial charge in [-0.1, -0.05) is 26.0 Å². The first-order valence-electron chi connectivity index (χ1n) is 7.63. The number of rotatable bonds is 6. The SMILES string of the molecule is CSc1ccccc1OC(=O)c1ccc(C(=O)OCC(C)C)cc1. The molecule has 126 valence electrons. The fourth-order valence-corrected chi connectivity index (χ4v) is 2.46. The molecule has 0 radical (unpaired) electrons. The van der Waals surface area contributed by atoms with E-state index in [9.17, 15) is 9.59 Å². The minimum Gasteiger partial charge on any atom is -0.462 e. The van der Waals surface area contributed by atoms with E-state index in [0.29, 0.717) is 23.5 Å². The maximum absolute atomic E-state index is 12.2. The molecular weight excluding hydrogens is 324 g/mol. The second-order valence-electron chi connectivity index (χ2n) is 5.61. The van der Waals surface area contributed by atoms with E-state index >= 15 is 0 Å². The van der Waals surface area contributed by atoms with Crippen molar-refractivity contribution in [3.05, 3.63) is 59.7 Å². The fourth-order valence-electron chi connectivity index (χ4n) is 1.93. The van der Waals surface area contributed by atoms with Gasteiger partial charge in [0.15, 0.2) is 0 Å². The Balaban J connectivity index is 2.04. The number of carbonyl (C=O) groups is 2. The van der Waals surface area contributed by atoms with Crippen LogP contribution in [0.4, 0.5) is 0 Å². The van der Waals surface area contributed by atoms with E-state index in [1.54, 1.807) is 30.3 Å². The van der Waals surface area contributed by atoms with Gasteiger partial charge in [-0.2, -0.15) is 0 Å². The van der Waals surface area contributed by atoms with E-state index in [2.05, 4.69) is 0 Å². The number of ether oxygens (including phenoxy) is 2. The quantitative estimate of drug-likeness (QED) is 0.440. The summed E-state index contributed by atoms with van der Waals surface area (Å²) in [4.78, 5) is 25.0. The van der Waals surface area contributed by atoms with Crippen molar-refractivity contribution in [3.8, 4) is 5.75 Å². The van der Waals surface area contributed by atoms with Crippen LogP contribution in [0.3, 0.4) is 0 Å². The van der Waals surface area contributed by atoms with Crippen molar-refractivity contribution in [1.29, 1.82) is 0 Å². The minimum absolute atomic E-state index is 0.278. The van der Waals surface area contributed by atoms with E-state index in [0.717, 1.165) is 4.90 Å². The Hall–Kier alpha value is -2.27. The Bertz CT molecular complexity index is 708. The third-order valence-electron chi connectivity index (χ3n) is 3.18. The second kappa shape index (κ2) is 8.55. The first-order valence-corrected chi connectivity index (χ1v) is 8.86. The van der Waals surface area contributed by atoms with Crippen molar-refractivity contribution in [2.24, 2.45) is 5.92 Å². The van der Waals surface area contributed by atoms with Gasteiger partial charge in [-0.15, -0.1) is 11.8 Å². The first-order chi connectivity index (χ1) is 11.5. The van der Waals surface area contributed by atoms with E-state index in [-0.39, 0.29) is 5.92 Å². The zero-order valence-corrected chi connectivity index (χ0v) is 14.8. The Morgan fingerprint density at radius 1 is 0.958 bits per heavy atom. The van der Waals surface area contributed by atoms with Crippen molar-refractivity contribution in [1.82, 2.24) is 0 Å². The van der Waals surface area contributed by atoms with Crippen LogP contribution in [0.2, 0.25) is 0 Å². The molecule has 5 heteroatoms. The number of benzene rings is 2. The van der Waals surface area contributed by atoms with Gasteiger partial charge in [-0.05, 0) is 48.6 Å². The lowest BCUT2D eigenvalue weighted by atomic mass is 10.1. The highest BCUT2D eigenvalue weighted by molar-refractivity contribution is 7.98. The smallest absolute Gasteiger partial charge is 0.343 e. The van der Waals surface area contributed by atoms with E-state index < -0.39 is 11.9 Å². The molecule has 0 saturated heterocycles. The van der Waals surface area contributed by atoms with Gasteiger partial charge >= 0.3 is 11.9 Å². The molecule has 2 rings (SSSR count). The zero-order valence-electron chi connectivity index (χ0n) is 13.9. The highest BCUT2D eigenvalue weighted by Crippen LogP contribution is 2.27. The number of carbonyl (C=O) groups excluding carboxylic acids is 2. The molecule has 0 aliphatic rings. The molecule has 0 amide bonds. The van der Waals surface area contributed by atoms with Crippen LogP contribution in [0.5, 0.6) is 5.75 Å². The average Bonchev–Trinajstić information content (AvgIpc) is 2.60. The van der Waals surface area contributed by atoms with Crippen LogP contribution in [-0.2, 0) is 4.74 Å². The van der Waals surface area contributed by atoms with Crippen LogP contribution in [-0.4, -0.2) is 24.8 Å². The predicted octanol–water partition coefficient (Wildman–Crippen LogP) is 4.44. The van der Waals surface area contributed by atoms with Crippen LogP contribution in [0.15, 0.2) is 53.4 Å². The molecule has 0 N–H and O–H groups in total. The highest BCUT2D eigenvalue weighted by Gasteiger charge is 2.13. The van der Waals surface area contributed by atoms with Gasteiger partial charge in [-0.25, -0.2) is 9.59 Å². The summed E-state index contributed by atoms with van der Waals surface area (Å²) in [5.41, 5.74) is 0.794. The van der Waals surface area contributed by atoms with Crippen LogP contribution in [0.1, 0.15) is 34.6 Å². The maximum atomic E-state index is 12.2. The Kier molecular flexibility index (Phi) is 6.44. The summed E-state index contributed by atoms with van der Waals surface area (Å²) in [5.74, 6) is -0.0509. The second-order valence-corrected chi connectivity index (χ2v) is 6.46. The van der Waals surface area contributed by atoms with Crippen molar-refractivity contribution in [2.75, 3.05) is 12.9 Å². The van der Waals surface area contributed by atoms with Gasteiger partial charge in [0, 0.05) is 4.90 Å². The summed E-state index contributed by atoms with van der Waals surface area (Å²) < 4.78 is 10.6. The molecule has 0 atom stereocenters. The van der Waals surface area contributed by atoms with Crippen molar-refractivity contribution in [2.45, 2.75) is 18.7 Å². The number of esters is 2. The molecule has 2 aromatic rings. The van der Waals surface area contributed by atoms with Crippen molar-refractivity contribution >= 4 is 23.7 Å². The molecule has 0 heterocycles. The van der Waals surface area contributed by atoms with Crippen molar-refractivity contribution < 1.29 is 19.1 Å². The number of hydrogen-bond acceptors (Lipinski definition) is 5. The summed E-state index contributed by atoms with van der Waals surface area (Å²) in [5, 5.41) is 0. The summed E-state index contributed by atoms with van der Waals surface area (Å²) in [7, 11) is 0. The van der Waals surface area contributed by atoms with Crippen LogP contribution in [0.25, 0.3) is 0 Å². The van der Waals surface area contributed by atoms with E-state index in [1.807, 2.05) is 38.3 Å². The summed E-state index contributed by atoms with van der Waals surface area (Å²) in [6, 6.07) is 13.6. The fraction of sp³-hybridized carbons (Fsp3) is 0.263. The van der Waals surface area contributed by atoms with Gasteiger partial charge in [0.25, 0.3) is 0 Å². The Morgan fingerprint density at radius 3 is 2.12 bits per heavy atom. The van der Waals surface area contributed by atoms with E-state index in [1.165, 1.54) is 11.8 Å². The summed E-state index contributed by atoms with van der Waals surface area (Å²) in [6.45, 7) is 4.31. The monoisotopic (exact) mass is 344 g/mol. The number of thioether (sulfide) groups is 1. The normalized spacial score (nSPS) is 10.5. The molecule has 0 aliphatic heterocycles. The largest absolute Gasteiger partial charge is 0.462 e. The van der Waals surface area contributed by atoms with Crippen molar-refractivity contribution in [3.63, 3.8) is 0 Å².